The number of hydrogen-bond donors (Lipinski definition) is 2. The number of benzene rings is 1. The smallest absolute Gasteiger partial charge is 0.268 e. The van der Waals surface area contributed by atoms with Crippen LogP contribution in [0.25, 0.3) is 0 Å². The number of nitrogen functional groups attached to an aromatic ring is 1. The number of rotatable bonds is 7. The fourth-order valence-electron chi connectivity index (χ4n) is 1.60. The third-order valence-electron chi connectivity index (χ3n) is 2.57. The van der Waals surface area contributed by atoms with Gasteiger partial charge >= 0.3 is 0 Å². The van der Waals surface area contributed by atoms with Crippen molar-refractivity contribution >= 4 is 5.91 Å². The van der Waals surface area contributed by atoms with Crippen LogP contribution in [0.4, 0.5) is 0 Å². The largest absolute Gasteiger partial charge is 0.496 e. The Bertz CT molecular complexity index is 422. The first-order valence-corrected chi connectivity index (χ1v) is 6.05. The van der Waals surface area contributed by atoms with E-state index in [0.717, 1.165) is 13.0 Å². The van der Waals surface area contributed by atoms with Crippen LogP contribution in [0.5, 0.6) is 11.5 Å². The SMILES string of the molecule is COc1cc(OCCCN(C)C)ccc1C(=O)NN. The van der Waals surface area contributed by atoms with E-state index in [0.29, 0.717) is 23.7 Å². The first-order chi connectivity index (χ1) is 9.08. The Kier molecular flexibility index (Phi) is 6.11. The predicted octanol–water partition coefficient (Wildman–Crippen LogP) is 0.629. The molecule has 0 unspecified atom stereocenters. The molecule has 0 aromatic heterocycles. The maximum Gasteiger partial charge on any atom is 0.268 e. The van der Waals surface area contributed by atoms with Crippen LogP contribution in [0.1, 0.15) is 16.8 Å². The van der Waals surface area contributed by atoms with E-state index >= 15 is 0 Å². The monoisotopic (exact) mass is 267 g/mol. The third-order valence-corrected chi connectivity index (χ3v) is 2.57. The average Bonchev–Trinajstić information content (AvgIpc) is 2.42. The highest BCUT2D eigenvalue weighted by atomic mass is 16.5. The molecule has 0 saturated carbocycles. The minimum Gasteiger partial charge on any atom is -0.496 e. The Hall–Kier alpha value is -1.79. The summed E-state index contributed by atoms with van der Waals surface area (Å²) in [5, 5.41) is 0. The molecule has 1 aromatic rings. The van der Waals surface area contributed by atoms with Gasteiger partial charge in [0.1, 0.15) is 11.5 Å². The highest BCUT2D eigenvalue weighted by Crippen LogP contribution is 2.24. The lowest BCUT2D eigenvalue weighted by atomic mass is 10.2. The van der Waals surface area contributed by atoms with E-state index in [4.69, 9.17) is 15.3 Å². The molecule has 0 radical (unpaired) electrons. The summed E-state index contributed by atoms with van der Waals surface area (Å²) in [6.07, 6.45) is 0.931. The average molecular weight is 267 g/mol. The van der Waals surface area contributed by atoms with Crippen molar-refractivity contribution in [1.82, 2.24) is 10.3 Å². The first kappa shape index (κ1) is 15.3. The highest BCUT2D eigenvalue weighted by molar-refractivity contribution is 5.96. The van der Waals surface area contributed by atoms with E-state index in [1.807, 2.05) is 14.1 Å². The lowest BCUT2D eigenvalue weighted by Crippen LogP contribution is -2.30. The Morgan fingerprint density at radius 1 is 1.42 bits per heavy atom. The van der Waals surface area contributed by atoms with Crippen molar-refractivity contribution < 1.29 is 14.3 Å². The molecule has 106 valence electrons. The molecule has 1 rings (SSSR count). The summed E-state index contributed by atoms with van der Waals surface area (Å²) in [7, 11) is 5.53. The van der Waals surface area contributed by atoms with Crippen molar-refractivity contribution in [1.29, 1.82) is 0 Å². The van der Waals surface area contributed by atoms with Gasteiger partial charge in [-0.05, 0) is 32.6 Å². The molecular weight excluding hydrogens is 246 g/mol. The summed E-state index contributed by atoms with van der Waals surface area (Å²) >= 11 is 0. The van der Waals surface area contributed by atoms with Crippen molar-refractivity contribution in [3.05, 3.63) is 23.8 Å². The summed E-state index contributed by atoms with van der Waals surface area (Å²) in [5.41, 5.74) is 2.46. The first-order valence-electron chi connectivity index (χ1n) is 6.05. The molecule has 0 atom stereocenters. The number of ether oxygens (including phenoxy) is 2. The van der Waals surface area contributed by atoms with E-state index in [1.54, 1.807) is 18.2 Å². The van der Waals surface area contributed by atoms with Gasteiger partial charge in [0, 0.05) is 12.6 Å². The fourth-order valence-corrected chi connectivity index (χ4v) is 1.60. The van der Waals surface area contributed by atoms with Gasteiger partial charge in [0.2, 0.25) is 0 Å². The maximum atomic E-state index is 11.5. The minimum atomic E-state index is -0.393. The summed E-state index contributed by atoms with van der Waals surface area (Å²) in [5.74, 6) is 5.82. The molecule has 1 amide bonds. The molecule has 0 spiro atoms. The molecule has 6 heteroatoms. The Labute approximate surface area is 113 Å². The van der Waals surface area contributed by atoms with E-state index in [-0.39, 0.29) is 0 Å². The number of methoxy groups -OCH3 is 1. The number of nitrogens with one attached hydrogen (secondary N) is 1. The van der Waals surface area contributed by atoms with Crippen LogP contribution >= 0.6 is 0 Å². The van der Waals surface area contributed by atoms with Crippen LogP contribution in [0.2, 0.25) is 0 Å². The van der Waals surface area contributed by atoms with Gasteiger partial charge in [0.25, 0.3) is 5.91 Å². The standard InChI is InChI=1S/C13H21N3O3/c1-16(2)7-4-8-19-10-5-6-11(13(17)15-14)12(9-10)18-3/h5-6,9H,4,7-8,14H2,1-3H3,(H,15,17). The van der Waals surface area contributed by atoms with Crippen molar-refractivity contribution in [2.45, 2.75) is 6.42 Å². The highest BCUT2D eigenvalue weighted by Gasteiger charge is 2.11. The maximum absolute atomic E-state index is 11.5. The molecule has 0 aliphatic heterocycles. The van der Waals surface area contributed by atoms with Gasteiger partial charge in [0.15, 0.2) is 0 Å². The second-order valence-electron chi connectivity index (χ2n) is 4.34. The van der Waals surface area contributed by atoms with Crippen molar-refractivity contribution in [3.63, 3.8) is 0 Å². The number of nitrogens with two attached hydrogens (primary N) is 1. The Balaban J connectivity index is 2.64. The van der Waals surface area contributed by atoms with Crippen LogP contribution < -0.4 is 20.7 Å². The van der Waals surface area contributed by atoms with Gasteiger partial charge < -0.3 is 14.4 Å². The van der Waals surface area contributed by atoms with Gasteiger partial charge in [-0.1, -0.05) is 0 Å². The van der Waals surface area contributed by atoms with Crippen LogP contribution in [0, 0.1) is 0 Å². The van der Waals surface area contributed by atoms with E-state index in [1.165, 1.54) is 7.11 Å². The molecule has 0 saturated heterocycles. The Morgan fingerprint density at radius 2 is 2.16 bits per heavy atom. The molecule has 3 N–H and O–H groups in total. The normalized spacial score (nSPS) is 10.4. The molecule has 6 nitrogen and oxygen atoms in total. The Morgan fingerprint density at radius 3 is 2.74 bits per heavy atom. The molecule has 19 heavy (non-hydrogen) atoms. The van der Waals surface area contributed by atoms with Gasteiger partial charge in [-0.2, -0.15) is 0 Å². The van der Waals surface area contributed by atoms with Gasteiger partial charge in [-0.15, -0.1) is 0 Å². The van der Waals surface area contributed by atoms with Gasteiger partial charge in [-0.25, -0.2) is 5.84 Å². The summed E-state index contributed by atoms with van der Waals surface area (Å²) in [4.78, 5) is 13.6. The predicted molar refractivity (Wildman–Crippen MR) is 73.3 cm³/mol. The van der Waals surface area contributed by atoms with Crippen LogP contribution in [0.15, 0.2) is 18.2 Å². The number of amides is 1. The molecule has 0 heterocycles. The van der Waals surface area contributed by atoms with E-state index in [9.17, 15) is 4.79 Å². The number of hydrazine groups is 1. The molecular formula is C13H21N3O3. The minimum absolute atomic E-state index is 0.380. The zero-order chi connectivity index (χ0) is 14.3. The van der Waals surface area contributed by atoms with Crippen LogP contribution in [-0.2, 0) is 0 Å². The van der Waals surface area contributed by atoms with Gasteiger partial charge in [0.05, 0.1) is 19.3 Å². The van der Waals surface area contributed by atoms with Crippen molar-refractivity contribution in [2.24, 2.45) is 5.84 Å². The zero-order valence-corrected chi connectivity index (χ0v) is 11.6. The summed E-state index contributed by atoms with van der Waals surface area (Å²) < 4.78 is 10.7. The van der Waals surface area contributed by atoms with Crippen LogP contribution in [-0.4, -0.2) is 45.2 Å². The number of carbonyl (C=O) groups excluding carboxylic acids is 1. The number of carbonyl (C=O) groups is 1. The summed E-state index contributed by atoms with van der Waals surface area (Å²) in [6, 6.07) is 5.03. The molecule has 0 aliphatic rings. The second-order valence-corrected chi connectivity index (χ2v) is 4.34. The quantitative estimate of drug-likeness (QED) is 0.328. The summed E-state index contributed by atoms with van der Waals surface area (Å²) in [6.45, 7) is 1.58. The lowest BCUT2D eigenvalue weighted by Gasteiger charge is -2.12. The number of hydrogen-bond acceptors (Lipinski definition) is 5. The number of nitrogens with zero attached hydrogens (tertiary/aromatic N) is 1. The zero-order valence-electron chi connectivity index (χ0n) is 11.6. The third kappa shape index (κ3) is 4.76. The van der Waals surface area contributed by atoms with E-state index in [2.05, 4.69) is 10.3 Å². The lowest BCUT2D eigenvalue weighted by molar-refractivity contribution is 0.0950. The van der Waals surface area contributed by atoms with Crippen LogP contribution in [0.3, 0.4) is 0 Å². The van der Waals surface area contributed by atoms with Crippen molar-refractivity contribution in [3.8, 4) is 11.5 Å². The molecule has 0 aliphatic carbocycles. The van der Waals surface area contributed by atoms with E-state index < -0.39 is 5.91 Å². The molecule has 0 fully saturated rings. The molecule has 0 bridgehead atoms. The second kappa shape index (κ2) is 7.60. The topological polar surface area (TPSA) is 76.8 Å². The molecule has 1 aromatic carbocycles. The van der Waals surface area contributed by atoms with Gasteiger partial charge in [-0.3, -0.25) is 10.2 Å². The van der Waals surface area contributed by atoms with Crippen molar-refractivity contribution in [2.75, 3.05) is 34.4 Å². The fraction of sp³-hybridized carbons (Fsp3) is 0.462.